The van der Waals surface area contributed by atoms with Crippen LogP contribution in [0.3, 0.4) is 0 Å². The van der Waals surface area contributed by atoms with Crippen LogP contribution >= 0.6 is 0 Å². The highest BCUT2D eigenvalue weighted by molar-refractivity contribution is 5.82. The van der Waals surface area contributed by atoms with E-state index in [-0.39, 0.29) is 5.97 Å². The summed E-state index contributed by atoms with van der Waals surface area (Å²) in [5.41, 5.74) is 1.26. The van der Waals surface area contributed by atoms with Gasteiger partial charge in [0.25, 0.3) is 0 Å². The molecule has 0 spiro atoms. The summed E-state index contributed by atoms with van der Waals surface area (Å²) in [6, 6.07) is 0. The molecule has 1 atom stereocenters. The number of hydrogen-bond acceptors (Lipinski definition) is 2. The summed E-state index contributed by atoms with van der Waals surface area (Å²) in [5.74, 6) is 0.399. The molecule has 0 amide bonds. The largest absolute Gasteiger partial charge is 0.463 e. The molecule has 0 heterocycles. The SMILES string of the molecule is CCOC(=O)C=C1CCCC1C. The third-order valence-corrected chi connectivity index (χ3v) is 2.33. The Hall–Kier alpha value is -0.790. The van der Waals surface area contributed by atoms with Crippen LogP contribution in [0.5, 0.6) is 0 Å². The summed E-state index contributed by atoms with van der Waals surface area (Å²) < 4.78 is 4.84. The van der Waals surface area contributed by atoms with E-state index in [2.05, 4.69) is 6.92 Å². The lowest BCUT2D eigenvalue weighted by Gasteiger charge is -2.03. The van der Waals surface area contributed by atoms with Gasteiger partial charge in [0.05, 0.1) is 6.61 Å². The second-order valence-electron chi connectivity index (χ2n) is 3.26. The van der Waals surface area contributed by atoms with Gasteiger partial charge < -0.3 is 4.74 Å². The van der Waals surface area contributed by atoms with Crippen molar-refractivity contribution in [2.45, 2.75) is 33.1 Å². The van der Waals surface area contributed by atoms with Crippen molar-refractivity contribution in [2.24, 2.45) is 5.92 Å². The van der Waals surface area contributed by atoms with E-state index in [1.54, 1.807) is 6.08 Å². The first-order valence-electron chi connectivity index (χ1n) is 4.61. The molecule has 1 unspecified atom stereocenters. The van der Waals surface area contributed by atoms with Crippen LogP contribution in [0.15, 0.2) is 11.6 Å². The maximum Gasteiger partial charge on any atom is 0.330 e. The Morgan fingerprint density at radius 3 is 3.00 bits per heavy atom. The van der Waals surface area contributed by atoms with E-state index in [0.29, 0.717) is 12.5 Å². The highest BCUT2D eigenvalue weighted by Gasteiger charge is 2.16. The fourth-order valence-electron chi connectivity index (χ4n) is 1.59. The van der Waals surface area contributed by atoms with Gasteiger partial charge in [-0.2, -0.15) is 0 Å². The van der Waals surface area contributed by atoms with Crippen LogP contribution in [0.4, 0.5) is 0 Å². The van der Waals surface area contributed by atoms with E-state index >= 15 is 0 Å². The van der Waals surface area contributed by atoms with E-state index in [0.717, 1.165) is 6.42 Å². The number of carbonyl (C=O) groups is 1. The molecule has 0 N–H and O–H groups in total. The molecule has 2 heteroatoms. The highest BCUT2D eigenvalue weighted by Crippen LogP contribution is 2.30. The zero-order valence-corrected chi connectivity index (χ0v) is 7.80. The second-order valence-corrected chi connectivity index (χ2v) is 3.26. The van der Waals surface area contributed by atoms with Crippen molar-refractivity contribution < 1.29 is 9.53 Å². The van der Waals surface area contributed by atoms with Gasteiger partial charge in [0, 0.05) is 6.08 Å². The lowest BCUT2D eigenvalue weighted by molar-refractivity contribution is -0.137. The first kappa shape index (κ1) is 9.30. The number of esters is 1. The Bertz CT molecular complexity index is 194. The lowest BCUT2D eigenvalue weighted by atomic mass is 10.1. The summed E-state index contributed by atoms with van der Waals surface area (Å²) in [7, 11) is 0. The molecule has 1 aliphatic carbocycles. The molecule has 0 bridgehead atoms. The monoisotopic (exact) mass is 168 g/mol. The van der Waals surface area contributed by atoms with Gasteiger partial charge in [0.15, 0.2) is 0 Å². The zero-order valence-electron chi connectivity index (χ0n) is 7.80. The van der Waals surface area contributed by atoms with Crippen LogP contribution in [0.1, 0.15) is 33.1 Å². The molecule has 0 aromatic rings. The van der Waals surface area contributed by atoms with Gasteiger partial charge in [-0.15, -0.1) is 0 Å². The molecule has 0 aromatic carbocycles. The standard InChI is InChI=1S/C10H16O2/c1-3-12-10(11)7-9-6-4-5-8(9)2/h7-8H,3-6H2,1-2H3. The molecule has 0 radical (unpaired) electrons. The maximum absolute atomic E-state index is 11.0. The zero-order chi connectivity index (χ0) is 8.97. The Labute approximate surface area is 73.6 Å². The molecule has 1 fully saturated rings. The average molecular weight is 168 g/mol. The Balaban J connectivity index is 2.49. The topological polar surface area (TPSA) is 26.3 Å². The van der Waals surface area contributed by atoms with Crippen LogP contribution in [-0.2, 0) is 9.53 Å². The summed E-state index contributed by atoms with van der Waals surface area (Å²) >= 11 is 0. The predicted molar refractivity (Wildman–Crippen MR) is 47.7 cm³/mol. The molecular weight excluding hydrogens is 152 g/mol. The lowest BCUT2D eigenvalue weighted by Crippen LogP contribution is -2.02. The third kappa shape index (κ3) is 2.36. The summed E-state index contributed by atoms with van der Waals surface area (Å²) in [5, 5.41) is 0. The summed E-state index contributed by atoms with van der Waals surface area (Å²) in [6.45, 7) is 4.46. The normalized spacial score (nSPS) is 26.2. The Morgan fingerprint density at radius 2 is 2.50 bits per heavy atom. The average Bonchev–Trinajstić information content (AvgIpc) is 2.37. The van der Waals surface area contributed by atoms with Crippen molar-refractivity contribution in [3.8, 4) is 0 Å². The quantitative estimate of drug-likeness (QED) is 0.467. The molecule has 0 aliphatic heterocycles. The number of ether oxygens (including phenoxy) is 1. The van der Waals surface area contributed by atoms with Gasteiger partial charge in [-0.25, -0.2) is 4.79 Å². The smallest absolute Gasteiger partial charge is 0.330 e. The van der Waals surface area contributed by atoms with Crippen molar-refractivity contribution >= 4 is 5.97 Å². The number of carbonyl (C=O) groups excluding carboxylic acids is 1. The molecule has 1 aliphatic rings. The molecule has 0 aromatic heterocycles. The first-order chi connectivity index (χ1) is 5.74. The Morgan fingerprint density at radius 1 is 1.75 bits per heavy atom. The van der Waals surface area contributed by atoms with Crippen molar-refractivity contribution in [3.63, 3.8) is 0 Å². The minimum Gasteiger partial charge on any atom is -0.463 e. The summed E-state index contributed by atoms with van der Waals surface area (Å²) in [4.78, 5) is 11.0. The van der Waals surface area contributed by atoms with Crippen LogP contribution in [-0.4, -0.2) is 12.6 Å². The van der Waals surface area contributed by atoms with Gasteiger partial charge in [-0.3, -0.25) is 0 Å². The van der Waals surface area contributed by atoms with Crippen molar-refractivity contribution in [3.05, 3.63) is 11.6 Å². The van der Waals surface area contributed by atoms with E-state index in [9.17, 15) is 4.79 Å². The second kappa shape index (κ2) is 4.29. The highest BCUT2D eigenvalue weighted by atomic mass is 16.5. The molecule has 1 rings (SSSR count). The predicted octanol–water partition coefficient (Wildman–Crippen LogP) is 2.30. The first-order valence-corrected chi connectivity index (χ1v) is 4.61. The third-order valence-electron chi connectivity index (χ3n) is 2.33. The van der Waals surface area contributed by atoms with Crippen molar-refractivity contribution in [2.75, 3.05) is 6.61 Å². The van der Waals surface area contributed by atoms with Crippen LogP contribution < -0.4 is 0 Å². The summed E-state index contributed by atoms with van der Waals surface area (Å²) in [6.07, 6.45) is 5.17. The van der Waals surface area contributed by atoms with Crippen LogP contribution in [0.25, 0.3) is 0 Å². The molecule has 1 saturated carbocycles. The van der Waals surface area contributed by atoms with Crippen LogP contribution in [0.2, 0.25) is 0 Å². The maximum atomic E-state index is 11.0. The van der Waals surface area contributed by atoms with Crippen molar-refractivity contribution in [1.82, 2.24) is 0 Å². The van der Waals surface area contributed by atoms with Gasteiger partial charge >= 0.3 is 5.97 Å². The number of allylic oxidation sites excluding steroid dienone is 1. The minimum absolute atomic E-state index is 0.179. The van der Waals surface area contributed by atoms with Crippen molar-refractivity contribution in [1.29, 1.82) is 0 Å². The van der Waals surface area contributed by atoms with Gasteiger partial charge in [0.2, 0.25) is 0 Å². The van der Waals surface area contributed by atoms with Crippen LogP contribution in [0, 0.1) is 5.92 Å². The van der Waals surface area contributed by atoms with Gasteiger partial charge in [-0.1, -0.05) is 12.5 Å². The number of hydrogen-bond donors (Lipinski definition) is 0. The fourth-order valence-corrected chi connectivity index (χ4v) is 1.59. The Kier molecular flexibility index (Phi) is 3.32. The molecule has 2 nitrogen and oxygen atoms in total. The van der Waals surface area contributed by atoms with E-state index in [1.807, 2.05) is 6.92 Å². The van der Waals surface area contributed by atoms with E-state index < -0.39 is 0 Å². The molecule has 12 heavy (non-hydrogen) atoms. The van der Waals surface area contributed by atoms with Gasteiger partial charge in [-0.05, 0) is 32.1 Å². The molecule has 0 saturated heterocycles. The molecule has 68 valence electrons. The van der Waals surface area contributed by atoms with Gasteiger partial charge in [0.1, 0.15) is 0 Å². The van der Waals surface area contributed by atoms with E-state index in [1.165, 1.54) is 18.4 Å². The molecular formula is C10H16O2. The minimum atomic E-state index is -0.179. The fraction of sp³-hybridized carbons (Fsp3) is 0.700. The van der Waals surface area contributed by atoms with E-state index in [4.69, 9.17) is 4.74 Å². The number of rotatable bonds is 2.